The third kappa shape index (κ3) is 1.97. The van der Waals surface area contributed by atoms with Crippen LogP contribution in [0.5, 0.6) is 0 Å². The molecule has 0 aliphatic carbocycles. The van der Waals surface area contributed by atoms with Crippen molar-refractivity contribution in [2.75, 3.05) is 0 Å². The fraction of sp³-hybridized carbons (Fsp3) is 0.333. The van der Waals surface area contributed by atoms with Crippen molar-refractivity contribution >= 4 is 27.5 Å². The monoisotopic (exact) mass is 232 g/mol. The molecule has 0 amide bonds. The molecular formula is C9H10BrCl. The van der Waals surface area contributed by atoms with E-state index >= 15 is 0 Å². The molecule has 2 heteroatoms. The van der Waals surface area contributed by atoms with Gasteiger partial charge in [-0.05, 0) is 36.6 Å². The summed E-state index contributed by atoms with van der Waals surface area (Å²) < 4.78 is 1.12. The van der Waals surface area contributed by atoms with Crippen molar-refractivity contribution in [3.05, 3.63) is 32.8 Å². The van der Waals surface area contributed by atoms with Crippen LogP contribution in [-0.2, 0) is 6.42 Å². The number of benzene rings is 1. The van der Waals surface area contributed by atoms with Crippen molar-refractivity contribution < 1.29 is 0 Å². The lowest BCUT2D eigenvalue weighted by atomic mass is 10.1. The van der Waals surface area contributed by atoms with Crippen molar-refractivity contribution in [3.8, 4) is 0 Å². The van der Waals surface area contributed by atoms with Gasteiger partial charge in [-0.2, -0.15) is 0 Å². The van der Waals surface area contributed by atoms with E-state index in [0.29, 0.717) is 0 Å². The molecule has 0 spiro atoms. The normalized spacial score (nSPS) is 10.2. The number of aryl methyl sites for hydroxylation is 1. The van der Waals surface area contributed by atoms with Crippen LogP contribution >= 0.6 is 27.5 Å². The van der Waals surface area contributed by atoms with Gasteiger partial charge in [-0.3, -0.25) is 0 Å². The Bertz CT molecular complexity index is 245. The molecule has 0 nitrogen and oxygen atoms in total. The summed E-state index contributed by atoms with van der Waals surface area (Å²) >= 11 is 9.32. The second-order valence-electron chi connectivity index (χ2n) is 2.54. The SMILES string of the molecule is CCc1c(C)cc(Cl)cc1Br. The van der Waals surface area contributed by atoms with E-state index in [1.807, 2.05) is 12.1 Å². The van der Waals surface area contributed by atoms with Gasteiger partial charge < -0.3 is 0 Å². The Labute approximate surface area is 80.7 Å². The summed E-state index contributed by atoms with van der Waals surface area (Å²) in [5.74, 6) is 0. The molecule has 1 aromatic rings. The minimum atomic E-state index is 0.798. The molecule has 0 saturated heterocycles. The lowest BCUT2D eigenvalue weighted by Gasteiger charge is -2.05. The van der Waals surface area contributed by atoms with Crippen LogP contribution in [-0.4, -0.2) is 0 Å². The quantitative estimate of drug-likeness (QED) is 0.688. The topological polar surface area (TPSA) is 0 Å². The van der Waals surface area contributed by atoms with Crippen molar-refractivity contribution in [3.63, 3.8) is 0 Å². The first-order valence-electron chi connectivity index (χ1n) is 3.59. The summed E-state index contributed by atoms with van der Waals surface area (Å²) in [7, 11) is 0. The van der Waals surface area contributed by atoms with E-state index in [1.54, 1.807) is 0 Å². The summed E-state index contributed by atoms with van der Waals surface area (Å²) in [6, 6.07) is 3.93. The predicted molar refractivity (Wildman–Crippen MR) is 53.3 cm³/mol. The zero-order valence-corrected chi connectivity index (χ0v) is 8.96. The molecule has 0 fully saturated rings. The molecule has 0 aromatic heterocycles. The Balaban J connectivity index is 3.25. The summed E-state index contributed by atoms with van der Waals surface area (Å²) in [6.45, 7) is 4.22. The zero-order chi connectivity index (χ0) is 8.43. The standard InChI is InChI=1S/C9H10BrCl/c1-3-8-6(2)4-7(11)5-9(8)10/h4-5H,3H2,1-2H3. The Morgan fingerprint density at radius 2 is 2.09 bits per heavy atom. The maximum absolute atomic E-state index is 5.85. The van der Waals surface area contributed by atoms with E-state index in [0.717, 1.165) is 15.9 Å². The number of hydrogen-bond acceptors (Lipinski definition) is 0. The zero-order valence-electron chi connectivity index (χ0n) is 6.62. The van der Waals surface area contributed by atoms with Gasteiger partial charge in [-0.25, -0.2) is 0 Å². The van der Waals surface area contributed by atoms with Crippen LogP contribution < -0.4 is 0 Å². The van der Waals surface area contributed by atoms with E-state index in [1.165, 1.54) is 11.1 Å². The van der Waals surface area contributed by atoms with Crippen LogP contribution in [0.3, 0.4) is 0 Å². The minimum Gasteiger partial charge on any atom is -0.0843 e. The maximum atomic E-state index is 5.85. The van der Waals surface area contributed by atoms with Crippen molar-refractivity contribution in [1.82, 2.24) is 0 Å². The molecule has 1 aromatic carbocycles. The van der Waals surface area contributed by atoms with E-state index < -0.39 is 0 Å². The Morgan fingerprint density at radius 1 is 1.45 bits per heavy atom. The van der Waals surface area contributed by atoms with Crippen LogP contribution in [0.15, 0.2) is 16.6 Å². The van der Waals surface area contributed by atoms with Gasteiger partial charge >= 0.3 is 0 Å². The van der Waals surface area contributed by atoms with Crippen LogP contribution in [0, 0.1) is 6.92 Å². The molecule has 0 aliphatic heterocycles. The second-order valence-corrected chi connectivity index (χ2v) is 3.83. The van der Waals surface area contributed by atoms with Crippen molar-refractivity contribution in [2.45, 2.75) is 20.3 Å². The van der Waals surface area contributed by atoms with Crippen LogP contribution in [0.2, 0.25) is 5.02 Å². The van der Waals surface area contributed by atoms with E-state index in [9.17, 15) is 0 Å². The average molecular weight is 234 g/mol. The molecule has 11 heavy (non-hydrogen) atoms. The summed E-state index contributed by atoms with van der Waals surface area (Å²) in [5.41, 5.74) is 2.60. The van der Waals surface area contributed by atoms with Crippen LogP contribution in [0.4, 0.5) is 0 Å². The van der Waals surface area contributed by atoms with Gasteiger partial charge in [0.05, 0.1) is 0 Å². The van der Waals surface area contributed by atoms with Gasteiger partial charge in [0.25, 0.3) is 0 Å². The Kier molecular flexibility index (Phi) is 2.97. The van der Waals surface area contributed by atoms with E-state index in [2.05, 4.69) is 29.8 Å². The molecular weight excluding hydrogens is 223 g/mol. The number of hydrogen-bond donors (Lipinski definition) is 0. The molecule has 0 unspecified atom stereocenters. The number of rotatable bonds is 1. The first-order valence-corrected chi connectivity index (χ1v) is 4.76. The van der Waals surface area contributed by atoms with E-state index in [-0.39, 0.29) is 0 Å². The predicted octanol–water partition coefficient (Wildman–Crippen LogP) is 3.97. The minimum absolute atomic E-state index is 0.798. The highest BCUT2D eigenvalue weighted by atomic mass is 79.9. The molecule has 60 valence electrons. The van der Waals surface area contributed by atoms with Gasteiger partial charge in [-0.15, -0.1) is 0 Å². The van der Waals surface area contributed by atoms with Crippen LogP contribution in [0.25, 0.3) is 0 Å². The second kappa shape index (κ2) is 3.59. The fourth-order valence-electron chi connectivity index (χ4n) is 1.18. The van der Waals surface area contributed by atoms with Gasteiger partial charge in [0.1, 0.15) is 0 Å². The molecule has 0 saturated carbocycles. The lowest BCUT2D eigenvalue weighted by Crippen LogP contribution is -1.87. The van der Waals surface area contributed by atoms with Gasteiger partial charge in [-0.1, -0.05) is 34.5 Å². The first-order chi connectivity index (χ1) is 5.15. The molecule has 0 atom stereocenters. The summed E-state index contributed by atoms with van der Waals surface area (Å²) in [5, 5.41) is 0.798. The molecule has 0 bridgehead atoms. The summed E-state index contributed by atoms with van der Waals surface area (Å²) in [6.07, 6.45) is 1.05. The molecule has 1 rings (SSSR count). The molecule has 0 heterocycles. The number of halogens is 2. The molecule has 0 N–H and O–H groups in total. The molecule has 0 radical (unpaired) electrons. The van der Waals surface area contributed by atoms with E-state index in [4.69, 9.17) is 11.6 Å². The fourth-order valence-corrected chi connectivity index (χ4v) is 2.42. The third-order valence-corrected chi connectivity index (χ3v) is 2.66. The first kappa shape index (κ1) is 9.08. The van der Waals surface area contributed by atoms with Crippen LogP contribution in [0.1, 0.15) is 18.1 Å². The highest BCUT2D eigenvalue weighted by Gasteiger charge is 2.02. The Morgan fingerprint density at radius 3 is 2.55 bits per heavy atom. The van der Waals surface area contributed by atoms with Crippen molar-refractivity contribution in [2.24, 2.45) is 0 Å². The highest BCUT2D eigenvalue weighted by molar-refractivity contribution is 9.10. The van der Waals surface area contributed by atoms with Crippen molar-refractivity contribution in [1.29, 1.82) is 0 Å². The highest BCUT2D eigenvalue weighted by Crippen LogP contribution is 2.25. The average Bonchev–Trinajstić information content (AvgIpc) is 1.85. The van der Waals surface area contributed by atoms with Gasteiger partial charge in [0.15, 0.2) is 0 Å². The largest absolute Gasteiger partial charge is 0.0843 e. The Hall–Kier alpha value is -0.0100. The van der Waals surface area contributed by atoms with Gasteiger partial charge in [0.2, 0.25) is 0 Å². The smallest absolute Gasteiger partial charge is 0.0420 e. The third-order valence-electron chi connectivity index (χ3n) is 1.74. The summed E-state index contributed by atoms with van der Waals surface area (Å²) in [4.78, 5) is 0. The lowest BCUT2D eigenvalue weighted by molar-refractivity contribution is 1.10. The maximum Gasteiger partial charge on any atom is 0.0420 e. The molecule has 0 aliphatic rings. The van der Waals surface area contributed by atoms with Gasteiger partial charge in [0, 0.05) is 9.50 Å².